The van der Waals surface area contributed by atoms with E-state index in [1.54, 1.807) is 12.1 Å². The topological polar surface area (TPSA) is 56.2 Å². The fourth-order valence-electron chi connectivity index (χ4n) is 7.42. The van der Waals surface area contributed by atoms with Crippen molar-refractivity contribution in [3.05, 3.63) is 94.6 Å². The number of hydrogen-bond donors (Lipinski definition) is 1. The first kappa shape index (κ1) is 33.9. The maximum Gasteiger partial charge on any atom is 0.257 e. The number of carbonyl (C=O) groups excluding carboxylic acids is 1. The van der Waals surface area contributed by atoms with Crippen molar-refractivity contribution in [2.24, 2.45) is 5.41 Å². The van der Waals surface area contributed by atoms with E-state index in [9.17, 15) is 13.6 Å². The van der Waals surface area contributed by atoms with E-state index in [-0.39, 0.29) is 17.5 Å². The fraction of sp³-hybridized carbons (Fsp3) is 0.472. The molecule has 1 spiro atoms. The Hall–Kier alpha value is -3.47. The first-order valence-electron chi connectivity index (χ1n) is 15.9. The second-order valence-electron chi connectivity index (χ2n) is 12.8. The normalized spacial score (nSPS) is 21.9. The van der Waals surface area contributed by atoms with Crippen LogP contribution in [0.15, 0.2) is 60.7 Å². The Morgan fingerprint density at radius 2 is 1.72 bits per heavy atom. The highest BCUT2D eigenvalue weighted by atomic mass is 19.3. The van der Waals surface area contributed by atoms with Gasteiger partial charge in [0.05, 0.1) is 19.1 Å². The number of halogens is 4. The second kappa shape index (κ2) is 14.5. The van der Waals surface area contributed by atoms with E-state index in [1.807, 2.05) is 41.3 Å². The van der Waals surface area contributed by atoms with Crippen molar-refractivity contribution in [3.63, 3.8) is 0 Å². The lowest BCUT2D eigenvalue weighted by atomic mass is 9.79. The minimum absolute atomic E-state index is 0.0149. The van der Waals surface area contributed by atoms with E-state index >= 15 is 8.78 Å². The number of benzene rings is 3. The zero-order valence-electron chi connectivity index (χ0n) is 26.5. The highest BCUT2D eigenvalue weighted by molar-refractivity contribution is 5.53. The minimum atomic E-state index is -3.04. The van der Waals surface area contributed by atoms with Crippen molar-refractivity contribution >= 4 is 12.0 Å². The second-order valence-corrected chi connectivity index (χ2v) is 12.8. The molecule has 6 nitrogen and oxygen atoms in total. The number of aldehydes is 1. The molecule has 0 aromatic heterocycles. The van der Waals surface area contributed by atoms with Crippen LogP contribution in [0.25, 0.3) is 0 Å². The quantitative estimate of drug-likeness (QED) is 0.221. The van der Waals surface area contributed by atoms with E-state index in [0.717, 1.165) is 63.8 Å². The minimum Gasteiger partial charge on any atom is -0.489 e. The van der Waals surface area contributed by atoms with Crippen molar-refractivity contribution in [2.45, 2.75) is 51.2 Å². The summed E-state index contributed by atoms with van der Waals surface area (Å²) < 4.78 is 66.9. The van der Waals surface area contributed by atoms with Gasteiger partial charge in [0, 0.05) is 56.9 Å². The number of anilines is 1. The lowest BCUT2D eigenvalue weighted by Gasteiger charge is -2.42. The van der Waals surface area contributed by atoms with E-state index in [0.29, 0.717) is 49.7 Å². The van der Waals surface area contributed by atoms with Gasteiger partial charge < -0.3 is 19.5 Å². The molecular formula is C36H43F4N3O3. The number of rotatable bonds is 9. The summed E-state index contributed by atoms with van der Waals surface area (Å²) in [5.41, 5.74) is 2.69. The van der Waals surface area contributed by atoms with Gasteiger partial charge in [0.15, 0.2) is 0 Å². The van der Waals surface area contributed by atoms with Gasteiger partial charge >= 0.3 is 0 Å². The smallest absolute Gasteiger partial charge is 0.257 e. The maximum atomic E-state index is 16.1. The Bertz CT molecular complexity index is 1460. The van der Waals surface area contributed by atoms with Crippen LogP contribution < -0.4 is 9.64 Å². The number of likely N-dealkylation sites (tertiary alicyclic amines) is 1. The highest BCUT2D eigenvalue weighted by Crippen LogP contribution is 2.43. The average Bonchev–Trinajstić information content (AvgIpc) is 3.42. The average molecular weight is 642 g/mol. The first-order valence-corrected chi connectivity index (χ1v) is 15.9. The summed E-state index contributed by atoms with van der Waals surface area (Å²) in [6, 6.07) is 16.8. The molecule has 3 aromatic carbocycles. The predicted octanol–water partition coefficient (Wildman–Crippen LogP) is 6.25. The largest absolute Gasteiger partial charge is 0.489 e. The Labute approximate surface area is 268 Å². The maximum absolute atomic E-state index is 16.1. The van der Waals surface area contributed by atoms with Crippen LogP contribution in [0, 0.1) is 17.0 Å². The number of ether oxygens (including phenoxy) is 1. The molecule has 46 heavy (non-hydrogen) atoms. The van der Waals surface area contributed by atoms with E-state index in [2.05, 4.69) is 4.90 Å². The van der Waals surface area contributed by atoms with Crippen LogP contribution >= 0.6 is 0 Å². The molecule has 0 radical (unpaired) electrons. The van der Waals surface area contributed by atoms with Gasteiger partial charge in [0.2, 0.25) is 0 Å². The van der Waals surface area contributed by atoms with Crippen molar-refractivity contribution in [1.29, 1.82) is 0 Å². The zero-order valence-corrected chi connectivity index (χ0v) is 26.5. The van der Waals surface area contributed by atoms with Crippen LogP contribution in [0.2, 0.25) is 0 Å². The number of piperidine rings is 1. The summed E-state index contributed by atoms with van der Waals surface area (Å²) in [4.78, 5) is 16.7. The fourth-order valence-corrected chi connectivity index (χ4v) is 7.42. The number of aliphatic hydroxyl groups is 1. The van der Waals surface area contributed by atoms with Crippen LogP contribution in [0.3, 0.4) is 0 Å². The third-order valence-corrected chi connectivity index (χ3v) is 9.39. The van der Waals surface area contributed by atoms with Gasteiger partial charge in [-0.15, -0.1) is 0 Å². The van der Waals surface area contributed by atoms with Gasteiger partial charge in [0.1, 0.15) is 30.3 Å². The lowest BCUT2D eigenvalue weighted by molar-refractivity contribution is -0.108. The summed E-state index contributed by atoms with van der Waals surface area (Å²) in [6.07, 6.45) is 4.23. The molecule has 3 heterocycles. The molecule has 0 bridgehead atoms. The van der Waals surface area contributed by atoms with Gasteiger partial charge in [-0.05, 0) is 73.2 Å². The summed E-state index contributed by atoms with van der Waals surface area (Å²) in [7, 11) is 1.00. The molecule has 3 aliphatic heterocycles. The Kier molecular flexibility index (Phi) is 10.7. The van der Waals surface area contributed by atoms with Crippen LogP contribution in [-0.2, 0) is 17.8 Å². The molecule has 3 aliphatic rings. The molecular weight excluding hydrogens is 598 g/mol. The third-order valence-electron chi connectivity index (χ3n) is 9.39. The van der Waals surface area contributed by atoms with Gasteiger partial charge in [0.25, 0.3) is 5.92 Å². The molecule has 10 heteroatoms. The molecule has 0 saturated carbocycles. The summed E-state index contributed by atoms with van der Waals surface area (Å²) >= 11 is 0. The Morgan fingerprint density at radius 3 is 2.41 bits per heavy atom. The predicted molar refractivity (Wildman–Crippen MR) is 170 cm³/mol. The molecule has 2 atom stereocenters. The van der Waals surface area contributed by atoms with Crippen molar-refractivity contribution < 1.29 is 32.2 Å². The molecule has 248 valence electrons. The van der Waals surface area contributed by atoms with Crippen molar-refractivity contribution in [3.8, 4) is 5.75 Å². The number of nitrogens with zero attached hydrogens (tertiary/aromatic N) is 3. The van der Waals surface area contributed by atoms with Crippen molar-refractivity contribution in [1.82, 2.24) is 9.80 Å². The van der Waals surface area contributed by atoms with Crippen LogP contribution in [-0.4, -0.2) is 80.0 Å². The summed E-state index contributed by atoms with van der Waals surface area (Å²) in [5, 5.41) is 7.00. The number of aliphatic hydroxyl groups excluding tert-OH is 1. The van der Waals surface area contributed by atoms with Gasteiger partial charge in [-0.2, -0.15) is 0 Å². The Balaban J connectivity index is 0.00000204. The summed E-state index contributed by atoms with van der Waals surface area (Å²) in [5.74, 6) is -3.89. The zero-order chi connectivity index (χ0) is 32.9. The Morgan fingerprint density at radius 1 is 0.978 bits per heavy atom. The number of fused-ring (bicyclic) bond motifs is 1. The molecule has 2 saturated heterocycles. The lowest BCUT2D eigenvalue weighted by Crippen LogP contribution is -2.45. The molecule has 1 N–H and O–H groups in total. The van der Waals surface area contributed by atoms with Gasteiger partial charge in [-0.3, -0.25) is 9.80 Å². The monoisotopic (exact) mass is 641 g/mol. The van der Waals surface area contributed by atoms with Crippen LogP contribution in [0.4, 0.5) is 23.2 Å². The van der Waals surface area contributed by atoms with E-state index in [4.69, 9.17) is 9.84 Å². The SMILES string of the molecule is CC(F)(F)CN1CCc2cc(OCc3ccccc3)ccc2C1c1c(F)cc(N2CCCC3(CCN(CC=O)C3)C2)cc1F.CO. The van der Waals surface area contributed by atoms with Crippen LogP contribution in [0.1, 0.15) is 54.5 Å². The van der Waals surface area contributed by atoms with Gasteiger partial charge in [-0.25, -0.2) is 17.6 Å². The summed E-state index contributed by atoms with van der Waals surface area (Å²) in [6.45, 7) is 4.19. The molecule has 3 aromatic rings. The number of alkyl halides is 2. The standard InChI is InChI=1S/C35H39F4N3O2.CH4O/c1-34(38,39)22-42-14-10-26-18-28(44-21-25-6-3-2-4-7-25)8-9-29(26)33(42)32-30(36)19-27(20-31(32)37)41-13-5-11-35(24-41)12-15-40(23-35)16-17-43;1-2/h2-4,6-9,17-20,33H,5,10-16,21-24H2,1H3;2H,1H3. The highest BCUT2D eigenvalue weighted by Gasteiger charge is 2.42. The van der Waals surface area contributed by atoms with Crippen LogP contribution in [0.5, 0.6) is 5.75 Å². The first-order chi connectivity index (χ1) is 22.1. The van der Waals surface area contributed by atoms with E-state index < -0.39 is 30.1 Å². The molecule has 0 aliphatic carbocycles. The van der Waals surface area contributed by atoms with E-state index in [1.165, 1.54) is 17.0 Å². The molecule has 6 rings (SSSR count). The molecule has 2 fully saturated rings. The number of hydrogen-bond acceptors (Lipinski definition) is 6. The number of carbonyl (C=O) groups is 1. The molecule has 0 amide bonds. The van der Waals surface area contributed by atoms with Crippen molar-refractivity contribution in [2.75, 3.05) is 57.8 Å². The molecule has 2 unspecified atom stereocenters. The van der Waals surface area contributed by atoms with Gasteiger partial charge in [-0.1, -0.05) is 36.4 Å². The third kappa shape index (κ3) is 7.73.